The van der Waals surface area contributed by atoms with Crippen LogP contribution >= 0.6 is 11.6 Å². The first kappa shape index (κ1) is 15.2. The van der Waals surface area contributed by atoms with E-state index in [1.807, 2.05) is 6.92 Å². The largest absolute Gasteiger partial charge is 0.412 e. The lowest BCUT2D eigenvalue weighted by Gasteiger charge is -2.06. The van der Waals surface area contributed by atoms with Crippen molar-refractivity contribution in [2.75, 3.05) is 5.32 Å². The lowest BCUT2D eigenvalue weighted by molar-refractivity contribution is 0.0990. The third kappa shape index (κ3) is 3.37. The SMILES string of the molecule is Cc1cc(Cl)ccc1NC(=O)c1nnc(-c2cccc(F)c2)o1. The van der Waals surface area contributed by atoms with Crippen LogP contribution in [-0.4, -0.2) is 16.1 Å². The fourth-order valence-electron chi connectivity index (χ4n) is 2.00. The molecule has 0 saturated carbocycles. The molecule has 1 heterocycles. The summed E-state index contributed by atoms with van der Waals surface area (Å²) in [6, 6.07) is 10.8. The molecule has 2 aromatic carbocycles. The number of rotatable bonds is 3. The summed E-state index contributed by atoms with van der Waals surface area (Å²) in [7, 11) is 0. The molecule has 1 N–H and O–H groups in total. The number of aromatic nitrogens is 2. The highest BCUT2D eigenvalue weighted by atomic mass is 35.5. The van der Waals surface area contributed by atoms with E-state index < -0.39 is 11.7 Å². The van der Waals surface area contributed by atoms with Gasteiger partial charge in [0, 0.05) is 16.3 Å². The van der Waals surface area contributed by atoms with Crippen LogP contribution in [0.15, 0.2) is 46.9 Å². The third-order valence-corrected chi connectivity index (χ3v) is 3.36. The van der Waals surface area contributed by atoms with Crippen LogP contribution < -0.4 is 5.32 Å². The van der Waals surface area contributed by atoms with Gasteiger partial charge in [-0.05, 0) is 48.9 Å². The maximum Gasteiger partial charge on any atom is 0.313 e. The molecule has 0 saturated heterocycles. The first-order chi connectivity index (χ1) is 11.0. The van der Waals surface area contributed by atoms with Crippen molar-refractivity contribution in [3.8, 4) is 11.5 Å². The van der Waals surface area contributed by atoms with E-state index >= 15 is 0 Å². The number of carbonyl (C=O) groups excluding carboxylic acids is 1. The Labute approximate surface area is 136 Å². The smallest absolute Gasteiger partial charge is 0.313 e. The number of hydrogen-bond acceptors (Lipinski definition) is 4. The van der Waals surface area contributed by atoms with Crippen molar-refractivity contribution in [1.82, 2.24) is 10.2 Å². The van der Waals surface area contributed by atoms with Gasteiger partial charge in [0.05, 0.1) is 0 Å². The summed E-state index contributed by atoms with van der Waals surface area (Å²) < 4.78 is 18.5. The maximum absolute atomic E-state index is 13.2. The quantitative estimate of drug-likeness (QED) is 0.785. The minimum Gasteiger partial charge on any atom is -0.412 e. The highest BCUT2D eigenvalue weighted by Gasteiger charge is 2.17. The summed E-state index contributed by atoms with van der Waals surface area (Å²) in [4.78, 5) is 12.1. The zero-order valence-electron chi connectivity index (χ0n) is 12.0. The van der Waals surface area contributed by atoms with Gasteiger partial charge in [0.1, 0.15) is 5.82 Å². The van der Waals surface area contributed by atoms with E-state index in [9.17, 15) is 9.18 Å². The zero-order chi connectivity index (χ0) is 16.4. The van der Waals surface area contributed by atoms with E-state index in [2.05, 4.69) is 15.5 Å². The number of benzene rings is 2. The molecule has 116 valence electrons. The molecule has 0 aliphatic rings. The molecule has 1 aromatic heterocycles. The topological polar surface area (TPSA) is 68.0 Å². The average Bonchev–Trinajstić information content (AvgIpc) is 3.00. The average molecular weight is 332 g/mol. The lowest BCUT2D eigenvalue weighted by Crippen LogP contribution is -2.13. The van der Waals surface area contributed by atoms with Crippen molar-refractivity contribution in [3.05, 3.63) is 64.8 Å². The Bertz CT molecular complexity index is 879. The highest BCUT2D eigenvalue weighted by Crippen LogP contribution is 2.22. The second kappa shape index (κ2) is 6.18. The summed E-state index contributed by atoms with van der Waals surface area (Å²) in [6.07, 6.45) is 0. The molecule has 1 amide bonds. The normalized spacial score (nSPS) is 10.6. The van der Waals surface area contributed by atoms with Crippen LogP contribution in [0, 0.1) is 12.7 Å². The standard InChI is InChI=1S/C16H11ClFN3O2/c1-9-7-11(17)5-6-13(9)19-14(22)16-21-20-15(23-16)10-3-2-4-12(18)8-10/h2-8H,1H3,(H,19,22). The Kier molecular flexibility index (Phi) is 4.08. The summed E-state index contributed by atoms with van der Waals surface area (Å²) in [5.41, 5.74) is 1.79. The van der Waals surface area contributed by atoms with Gasteiger partial charge in [-0.25, -0.2) is 4.39 Å². The number of halogens is 2. The number of nitrogens with one attached hydrogen (secondary N) is 1. The second-order valence-corrected chi connectivity index (χ2v) is 5.27. The molecule has 0 aliphatic carbocycles. The van der Waals surface area contributed by atoms with Crippen LogP contribution in [-0.2, 0) is 0 Å². The first-order valence-electron chi connectivity index (χ1n) is 6.70. The zero-order valence-corrected chi connectivity index (χ0v) is 12.8. The van der Waals surface area contributed by atoms with E-state index in [-0.39, 0.29) is 11.8 Å². The summed E-state index contributed by atoms with van der Waals surface area (Å²) >= 11 is 5.87. The third-order valence-electron chi connectivity index (χ3n) is 3.13. The molecule has 3 aromatic rings. The number of nitrogens with zero attached hydrogens (tertiary/aromatic N) is 2. The summed E-state index contributed by atoms with van der Waals surface area (Å²) in [5, 5.41) is 10.7. The first-order valence-corrected chi connectivity index (χ1v) is 7.07. The highest BCUT2D eigenvalue weighted by molar-refractivity contribution is 6.30. The molecule has 0 spiro atoms. The number of carbonyl (C=O) groups is 1. The monoisotopic (exact) mass is 331 g/mol. The van der Waals surface area contributed by atoms with E-state index in [0.29, 0.717) is 16.3 Å². The van der Waals surface area contributed by atoms with Gasteiger partial charge in [-0.3, -0.25) is 4.79 Å². The maximum atomic E-state index is 13.2. The van der Waals surface area contributed by atoms with Crippen LogP contribution in [0.2, 0.25) is 5.02 Å². The minimum absolute atomic E-state index is 0.0717. The van der Waals surface area contributed by atoms with Crippen molar-refractivity contribution in [1.29, 1.82) is 0 Å². The van der Waals surface area contributed by atoms with Gasteiger partial charge in [0.25, 0.3) is 0 Å². The molecule has 0 atom stereocenters. The molecule has 0 radical (unpaired) electrons. The lowest BCUT2D eigenvalue weighted by atomic mass is 10.2. The molecule has 5 nitrogen and oxygen atoms in total. The van der Waals surface area contributed by atoms with Crippen LogP contribution in [0.3, 0.4) is 0 Å². The van der Waals surface area contributed by atoms with Gasteiger partial charge in [-0.1, -0.05) is 17.7 Å². The van der Waals surface area contributed by atoms with Crippen LogP contribution in [0.5, 0.6) is 0 Å². The molecular formula is C16H11ClFN3O2. The Hall–Kier alpha value is -2.73. The summed E-state index contributed by atoms with van der Waals surface area (Å²) in [6.45, 7) is 1.81. The van der Waals surface area contributed by atoms with Crippen molar-refractivity contribution >= 4 is 23.2 Å². The molecule has 3 rings (SSSR count). The van der Waals surface area contributed by atoms with Crippen molar-refractivity contribution in [2.24, 2.45) is 0 Å². The molecule has 23 heavy (non-hydrogen) atoms. The minimum atomic E-state index is -0.550. The number of hydrogen-bond donors (Lipinski definition) is 1. The predicted octanol–water partition coefficient (Wildman–Crippen LogP) is 4.09. The van der Waals surface area contributed by atoms with Crippen molar-refractivity contribution in [2.45, 2.75) is 6.92 Å². The van der Waals surface area contributed by atoms with E-state index in [1.165, 1.54) is 18.2 Å². The Balaban J connectivity index is 1.81. The fraction of sp³-hybridized carbons (Fsp3) is 0.0625. The van der Waals surface area contributed by atoms with E-state index in [0.717, 1.165) is 5.56 Å². The Morgan fingerprint density at radius 1 is 1.22 bits per heavy atom. The Morgan fingerprint density at radius 3 is 2.78 bits per heavy atom. The van der Waals surface area contributed by atoms with E-state index in [4.69, 9.17) is 16.0 Å². The van der Waals surface area contributed by atoms with Crippen molar-refractivity contribution < 1.29 is 13.6 Å². The van der Waals surface area contributed by atoms with Gasteiger partial charge in [-0.15, -0.1) is 10.2 Å². The second-order valence-electron chi connectivity index (χ2n) is 4.84. The molecule has 0 bridgehead atoms. The van der Waals surface area contributed by atoms with Gasteiger partial charge >= 0.3 is 11.8 Å². The van der Waals surface area contributed by atoms with Crippen LogP contribution in [0.25, 0.3) is 11.5 Å². The van der Waals surface area contributed by atoms with Crippen molar-refractivity contribution in [3.63, 3.8) is 0 Å². The van der Waals surface area contributed by atoms with Gasteiger partial charge in [0.15, 0.2) is 0 Å². The molecule has 0 fully saturated rings. The molecule has 0 unspecified atom stereocenters. The molecule has 7 heteroatoms. The predicted molar refractivity (Wildman–Crippen MR) is 83.8 cm³/mol. The van der Waals surface area contributed by atoms with Crippen LogP contribution in [0.4, 0.5) is 10.1 Å². The van der Waals surface area contributed by atoms with Gasteiger partial charge in [0.2, 0.25) is 5.89 Å². The van der Waals surface area contributed by atoms with Crippen LogP contribution in [0.1, 0.15) is 16.2 Å². The number of amides is 1. The van der Waals surface area contributed by atoms with Gasteiger partial charge < -0.3 is 9.73 Å². The van der Waals surface area contributed by atoms with E-state index in [1.54, 1.807) is 24.3 Å². The fourth-order valence-corrected chi connectivity index (χ4v) is 2.22. The van der Waals surface area contributed by atoms with Gasteiger partial charge in [-0.2, -0.15) is 0 Å². The summed E-state index contributed by atoms with van der Waals surface area (Å²) in [5.74, 6) is -1.12. The Morgan fingerprint density at radius 2 is 2.04 bits per heavy atom. The number of anilines is 1. The molecular weight excluding hydrogens is 321 g/mol. The molecule has 0 aliphatic heterocycles. The number of aryl methyl sites for hydroxylation is 1.